The molecule has 0 aromatic heterocycles. The van der Waals surface area contributed by atoms with Gasteiger partial charge in [-0.25, -0.2) is 0 Å². The third kappa shape index (κ3) is 4.69. The molecule has 0 bridgehead atoms. The SMILES string of the molecule is SCCCNCc1cccc(Br)c1. The molecule has 0 spiro atoms. The average Bonchev–Trinajstić information content (AvgIpc) is 2.13. The first-order valence-electron chi connectivity index (χ1n) is 4.39. The quantitative estimate of drug-likeness (QED) is 0.612. The number of benzene rings is 1. The number of halogens is 1. The Hall–Kier alpha value is 0.01000. The van der Waals surface area contributed by atoms with E-state index < -0.39 is 0 Å². The third-order valence-corrected chi connectivity index (χ3v) is 2.54. The van der Waals surface area contributed by atoms with Crippen LogP contribution in [-0.2, 0) is 6.54 Å². The summed E-state index contributed by atoms with van der Waals surface area (Å²) in [5, 5.41) is 3.36. The molecular weight excluding hydrogens is 246 g/mol. The molecule has 0 aliphatic carbocycles. The fraction of sp³-hybridized carbons (Fsp3) is 0.400. The third-order valence-electron chi connectivity index (χ3n) is 1.73. The molecule has 72 valence electrons. The number of nitrogens with one attached hydrogen (secondary N) is 1. The lowest BCUT2D eigenvalue weighted by atomic mass is 10.2. The predicted octanol–water partition coefficient (Wildman–Crippen LogP) is 2.86. The summed E-state index contributed by atoms with van der Waals surface area (Å²) in [5.74, 6) is 0.950. The summed E-state index contributed by atoms with van der Waals surface area (Å²) in [6.07, 6.45) is 1.12. The molecule has 0 aliphatic rings. The molecule has 3 heteroatoms. The van der Waals surface area contributed by atoms with E-state index >= 15 is 0 Å². The zero-order chi connectivity index (χ0) is 9.52. The van der Waals surface area contributed by atoms with E-state index in [2.05, 4.69) is 52.1 Å². The van der Waals surface area contributed by atoms with Crippen molar-refractivity contribution in [2.75, 3.05) is 12.3 Å². The molecule has 0 saturated heterocycles. The summed E-state index contributed by atoms with van der Waals surface area (Å²) in [7, 11) is 0. The minimum absolute atomic E-state index is 0.938. The molecule has 0 unspecified atom stereocenters. The standard InChI is InChI=1S/C10H14BrNS/c11-10-4-1-3-9(7-10)8-12-5-2-6-13/h1,3-4,7,12-13H,2,5-6,8H2. The Morgan fingerprint density at radius 1 is 1.38 bits per heavy atom. The van der Waals surface area contributed by atoms with Gasteiger partial charge in [0.15, 0.2) is 0 Å². The molecule has 1 rings (SSSR count). The van der Waals surface area contributed by atoms with Gasteiger partial charge in [-0.1, -0.05) is 28.1 Å². The smallest absolute Gasteiger partial charge is 0.0205 e. The van der Waals surface area contributed by atoms with Crippen LogP contribution in [-0.4, -0.2) is 12.3 Å². The monoisotopic (exact) mass is 259 g/mol. The topological polar surface area (TPSA) is 12.0 Å². The second kappa shape index (κ2) is 6.46. The van der Waals surface area contributed by atoms with Gasteiger partial charge in [-0.2, -0.15) is 12.6 Å². The van der Waals surface area contributed by atoms with Crippen LogP contribution in [0.1, 0.15) is 12.0 Å². The van der Waals surface area contributed by atoms with Gasteiger partial charge in [-0.05, 0) is 36.4 Å². The van der Waals surface area contributed by atoms with Gasteiger partial charge in [0.2, 0.25) is 0 Å². The fourth-order valence-electron chi connectivity index (χ4n) is 1.08. The van der Waals surface area contributed by atoms with E-state index in [-0.39, 0.29) is 0 Å². The second-order valence-electron chi connectivity index (χ2n) is 2.88. The molecule has 1 aromatic carbocycles. The zero-order valence-corrected chi connectivity index (χ0v) is 9.94. The van der Waals surface area contributed by atoms with E-state index in [1.807, 2.05) is 6.07 Å². The van der Waals surface area contributed by atoms with Gasteiger partial charge in [-0.15, -0.1) is 0 Å². The van der Waals surface area contributed by atoms with Crippen molar-refractivity contribution in [1.82, 2.24) is 5.32 Å². The molecule has 0 heterocycles. The van der Waals surface area contributed by atoms with Crippen molar-refractivity contribution in [3.63, 3.8) is 0 Å². The molecule has 1 nitrogen and oxygen atoms in total. The first-order chi connectivity index (χ1) is 6.33. The minimum Gasteiger partial charge on any atom is -0.313 e. The summed E-state index contributed by atoms with van der Waals surface area (Å²) in [6, 6.07) is 8.35. The number of rotatable bonds is 5. The Kier molecular flexibility index (Phi) is 5.51. The van der Waals surface area contributed by atoms with Crippen LogP contribution in [0.3, 0.4) is 0 Å². The number of thiol groups is 1. The van der Waals surface area contributed by atoms with Crippen molar-refractivity contribution in [2.24, 2.45) is 0 Å². The average molecular weight is 260 g/mol. The highest BCUT2D eigenvalue weighted by atomic mass is 79.9. The van der Waals surface area contributed by atoms with E-state index in [1.165, 1.54) is 5.56 Å². The van der Waals surface area contributed by atoms with E-state index in [4.69, 9.17) is 0 Å². The van der Waals surface area contributed by atoms with Gasteiger partial charge in [0.05, 0.1) is 0 Å². The molecule has 0 radical (unpaired) electrons. The Morgan fingerprint density at radius 3 is 2.92 bits per heavy atom. The highest BCUT2D eigenvalue weighted by Gasteiger charge is 1.92. The van der Waals surface area contributed by atoms with Crippen molar-refractivity contribution in [3.8, 4) is 0 Å². The lowest BCUT2D eigenvalue weighted by Gasteiger charge is -2.03. The van der Waals surface area contributed by atoms with Gasteiger partial charge in [0, 0.05) is 11.0 Å². The lowest BCUT2D eigenvalue weighted by molar-refractivity contribution is 0.679. The highest BCUT2D eigenvalue weighted by Crippen LogP contribution is 2.11. The maximum atomic E-state index is 4.15. The first kappa shape index (κ1) is 11.1. The molecule has 0 saturated carbocycles. The van der Waals surface area contributed by atoms with Crippen LogP contribution in [0.4, 0.5) is 0 Å². The summed E-state index contributed by atoms with van der Waals surface area (Å²) in [5.41, 5.74) is 1.31. The van der Waals surface area contributed by atoms with E-state index in [0.29, 0.717) is 0 Å². The molecule has 0 aliphatic heterocycles. The molecule has 0 fully saturated rings. The molecule has 13 heavy (non-hydrogen) atoms. The number of hydrogen-bond acceptors (Lipinski definition) is 2. The molecular formula is C10H14BrNS. The predicted molar refractivity (Wildman–Crippen MR) is 64.3 cm³/mol. The number of hydrogen-bond donors (Lipinski definition) is 2. The van der Waals surface area contributed by atoms with Crippen LogP contribution in [0, 0.1) is 0 Å². The van der Waals surface area contributed by atoms with Gasteiger partial charge in [0.1, 0.15) is 0 Å². The maximum absolute atomic E-state index is 4.15. The largest absolute Gasteiger partial charge is 0.313 e. The van der Waals surface area contributed by atoms with E-state index in [1.54, 1.807) is 0 Å². The van der Waals surface area contributed by atoms with Crippen molar-refractivity contribution < 1.29 is 0 Å². The van der Waals surface area contributed by atoms with Crippen molar-refractivity contribution >= 4 is 28.6 Å². The Morgan fingerprint density at radius 2 is 2.23 bits per heavy atom. The van der Waals surface area contributed by atoms with Crippen molar-refractivity contribution in [2.45, 2.75) is 13.0 Å². The van der Waals surface area contributed by atoms with Crippen molar-refractivity contribution in [1.29, 1.82) is 0 Å². The van der Waals surface area contributed by atoms with Crippen LogP contribution in [0.25, 0.3) is 0 Å². The van der Waals surface area contributed by atoms with E-state index in [0.717, 1.165) is 29.7 Å². The Labute approximate surface area is 93.5 Å². The summed E-state index contributed by atoms with van der Waals surface area (Å²) in [6.45, 7) is 1.98. The Bertz CT molecular complexity index is 252. The summed E-state index contributed by atoms with van der Waals surface area (Å²) >= 11 is 7.59. The van der Waals surface area contributed by atoms with Crippen LogP contribution >= 0.6 is 28.6 Å². The van der Waals surface area contributed by atoms with Crippen LogP contribution < -0.4 is 5.32 Å². The molecule has 1 N–H and O–H groups in total. The molecule has 0 atom stereocenters. The lowest BCUT2D eigenvalue weighted by Crippen LogP contribution is -2.14. The maximum Gasteiger partial charge on any atom is 0.0205 e. The van der Waals surface area contributed by atoms with Crippen LogP contribution in [0.15, 0.2) is 28.7 Å². The van der Waals surface area contributed by atoms with Crippen molar-refractivity contribution in [3.05, 3.63) is 34.3 Å². The first-order valence-corrected chi connectivity index (χ1v) is 5.81. The highest BCUT2D eigenvalue weighted by molar-refractivity contribution is 9.10. The van der Waals surface area contributed by atoms with E-state index in [9.17, 15) is 0 Å². The summed E-state index contributed by atoms with van der Waals surface area (Å²) in [4.78, 5) is 0. The van der Waals surface area contributed by atoms with Gasteiger partial charge < -0.3 is 5.32 Å². The van der Waals surface area contributed by atoms with Gasteiger partial charge >= 0.3 is 0 Å². The second-order valence-corrected chi connectivity index (χ2v) is 4.25. The van der Waals surface area contributed by atoms with Crippen LogP contribution in [0.2, 0.25) is 0 Å². The molecule has 1 aromatic rings. The summed E-state index contributed by atoms with van der Waals surface area (Å²) < 4.78 is 1.14. The Balaban J connectivity index is 2.28. The van der Waals surface area contributed by atoms with Gasteiger partial charge in [-0.3, -0.25) is 0 Å². The molecule has 0 amide bonds. The van der Waals surface area contributed by atoms with Crippen LogP contribution in [0.5, 0.6) is 0 Å². The fourth-order valence-corrected chi connectivity index (χ4v) is 1.69. The zero-order valence-electron chi connectivity index (χ0n) is 7.46. The normalized spacial score (nSPS) is 10.3. The van der Waals surface area contributed by atoms with Gasteiger partial charge in [0.25, 0.3) is 0 Å². The minimum atomic E-state index is 0.938.